The zero-order valence-corrected chi connectivity index (χ0v) is 11.8. The van der Waals surface area contributed by atoms with Gasteiger partial charge >= 0.3 is 0 Å². The monoisotopic (exact) mass is 259 g/mol. The number of aryl methyl sites for hydroxylation is 2. The summed E-state index contributed by atoms with van der Waals surface area (Å²) >= 11 is 6.28. The third-order valence-corrected chi connectivity index (χ3v) is 3.29. The lowest BCUT2D eigenvalue weighted by Crippen LogP contribution is -2.23. The van der Waals surface area contributed by atoms with E-state index in [1.807, 2.05) is 18.8 Å². The maximum absolute atomic E-state index is 9.25. The molecule has 0 saturated carbocycles. The first kappa shape index (κ1) is 14.5. The van der Waals surface area contributed by atoms with E-state index in [9.17, 15) is 5.11 Å². The molecule has 0 spiro atoms. The van der Waals surface area contributed by atoms with Crippen LogP contribution in [0.1, 0.15) is 31.7 Å². The maximum Gasteiger partial charge on any atom is 0.0863 e. The lowest BCUT2D eigenvalue weighted by Gasteiger charge is -2.17. The van der Waals surface area contributed by atoms with Crippen LogP contribution in [0.3, 0.4) is 0 Å². The summed E-state index contributed by atoms with van der Waals surface area (Å²) in [5.41, 5.74) is 1.99. The zero-order valence-electron chi connectivity index (χ0n) is 11.1. The van der Waals surface area contributed by atoms with Gasteiger partial charge in [0.1, 0.15) is 0 Å². The maximum atomic E-state index is 9.25. The third kappa shape index (κ3) is 3.98. The second-order valence-electron chi connectivity index (χ2n) is 4.56. The molecule has 4 nitrogen and oxygen atoms in total. The molecule has 1 heterocycles. The van der Waals surface area contributed by atoms with E-state index in [0.29, 0.717) is 0 Å². The van der Waals surface area contributed by atoms with E-state index in [4.69, 9.17) is 11.6 Å². The summed E-state index contributed by atoms with van der Waals surface area (Å²) in [5, 5.41) is 14.4. The minimum atomic E-state index is -0.259. The zero-order chi connectivity index (χ0) is 13.0. The van der Waals surface area contributed by atoms with Crippen LogP contribution in [0.25, 0.3) is 0 Å². The van der Waals surface area contributed by atoms with Crippen molar-refractivity contribution in [2.24, 2.45) is 7.05 Å². The van der Waals surface area contributed by atoms with Crippen molar-refractivity contribution in [3.05, 3.63) is 16.4 Å². The fraction of sp³-hybridized carbons (Fsp3) is 0.750. The van der Waals surface area contributed by atoms with Gasteiger partial charge in [0.05, 0.1) is 22.5 Å². The van der Waals surface area contributed by atoms with E-state index < -0.39 is 0 Å². The van der Waals surface area contributed by atoms with E-state index in [-0.39, 0.29) is 6.10 Å². The number of aliphatic hydroxyl groups excluding tert-OH is 1. The Hall–Kier alpha value is -0.580. The molecule has 1 rings (SSSR count). The number of nitrogens with zero attached hydrogens (tertiary/aromatic N) is 3. The summed E-state index contributed by atoms with van der Waals surface area (Å²) in [5.74, 6) is 0. The van der Waals surface area contributed by atoms with E-state index in [2.05, 4.69) is 16.9 Å². The molecule has 17 heavy (non-hydrogen) atoms. The van der Waals surface area contributed by atoms with Crippen LogP contribution < -0.4 is 0 Å². The predicted molar refractivity (Wildman–Crippen MR) is 70.2 cm³/mol. The molecule has 1 N–H and O–H groups in total. The van der Waals surface area contributed by atoms with Crippen molar-refractivity contribution in [3.63, 3.8) is 0 Å². The molecule has 0 aromatic carbocycles. The molecule has 0 aliphatic rings. The summed E-state index contributed by atoms with van der Waals surface area (Å²) in [6, 6.07) is 0. The van der Waals surface area contributed by atoms with Crippen LogP contribution in [0.2, 0.25) is 5.02 Å². The van der Waals surface area contributed by atoms with Crippen molar-refractivity contribution < 1.29 is 5.11 Å². The Morgan fingerprint density at radius 3 is 2.65 bits per heavy atom. The highest BCUT2D eigenvalue weighted by Gasteiger charge is 2.14. The molecule has 1 aromatic heterocycles. The van der Waals surface area contributed by atoms with Crippen LogP contribution in [0.15, 0.2) is 0 Å². The Labute approximate surface area is 108 Å². The van der Waals surface area contributed by atoms with Gasteiger partial charge in [-0.25, -0.2) is 0 Å². The summed E-state index contributed by atoms with van der Waals surface area (Å²) in [6.07, 6.45) is 1.36. The van der Waals surface area contributed by atoms with Crippen molar-refractivity contribution in [2.75, 3.05) is 13.6 Å². The Morgan fingerprint density at radius 1 is 1.53 bits per heavy atom. The first-order chi connectivity index (χ1) is 7.95. The van der Waals surface area contributed by atoms with Gasteiger partial charge in [0, 0.05) is 20.1 Å². The van der Waals surface area contributed by atoms with Crippen LogP contribution in [0.4, 0.5) is 0 Å². The summed E-state index contributed by atoms with van der Waals surface area (Å²) in [6.45, 7) is 5.46. The molecule has 0 amide bonds. The molecule has 0 radical (unpaired) electrons. The highest BCUT2D eigenvalue weighted by Crippen LogP contribution is 2.21. The molecule has 1 aromatic rings. The lowest BCUT2D eigenvalue weighted by molar-refractivity contribution is 0.162. The second-order valence-corrected chi connectivity index (χ2v) is 4.94. The Morgan fingerprint density at radius 2 is 2.18 bits per heavy atom. The molecule has 5 heteroatoms. The van der Waals surface area contributed by atoms with Crippen molar-refractivity contribution in [2.45, 2.75) is 39.3 Å². The fourth-order valence-electron chi connectivity index (χ4n) is 1.73. The predicted octanol–water partition coefficient (Wildman–Crippen LogP) is 1.84. The summed E-state index contributed by atoms with van der Waals surface area (Å²) < 4.78 is 1.85. The van der Waals surface area contributed by atoms with Gasteiger partial charge in [0.15, 0.2) is 0 Å². The van der Waals surface area contributed by atoms with Gasteiger partial charge in [-0.15, -0.1) is 0 Å². The average molecular weight is 260 g/mol. The van der Waals surface area contributed by atoms with Gasteiger partial charge < -0.3 is 10.0 Å². The largest absolute Gasteiger partial charge is 0.393 e. The average Bonchev–Trinajstić information content (AvgIpc) is 2.53. The van der Waals surface area contributed by atoms with Crippen LogP contribution >= 0.6 is 11.6 Å². The van der Waals surface area contributed by atoms with Crippen molar-refractivity contribution in [3.8, 4) is 0 Å². The van der Waals surface area contributed by atoms with Crippen molar-refractivity contribution in [1.29, 1.82) is 0 Å². The molecule has 0 aliphatic heterocycles. The van der Waals surface area contributed by atoms with E-state index in [1.54, 1.807) is 6.92 Å². The molecule has 98 valence electrons. The molecule has 0 fully saturated rings. The summed E-state index contributed by atoms with van der Waals surface area (Å²) in [4.78, 5) is 2.15. The van der Waals surface area contributed by atoms with Gasteiger partial charge in [-0.05, 0) is 26.8 Å². The van der Waals surface area contributed by atoms with Gasteiger partial charge in [0.25, 0.3) is 0 Å². The Kier molecular flexibility index (Phi) is 5.43. The Balaban J connectivity index is 2.64. The fourth-order valence-corrected chi connectivity index (χ4v) is 2.09. The number of halogens is 1. The van der Waals surface area contributed by atoms with Crippen molar-refractivity contribution >= 4 is 11.6 Å². The normalized spacial score (nSPS) is 13.4. The van der Waals surface area contributed by atoms with Crippen molar-refractivity contribution in [1.82, 2.24) is 14.7 Å². The van der Waals surface area contributed by atoms with Gasteiger partial charge in [0.2, 0.25) is 0 Å². The number of hydrogen-bond donors (Lipinski definition) is 1. The first-order valence-electron chi connectivity index (χ1n) is 6.02. The molecule has 1 unspecified atom stereocenters. The van der Waals surface area contributed by atoms with Gasteiger partial charge in [-0.1, -0.05) is 18.5 Å². The Bertz CT molecular complexity index is 363. The molecule has 0 saturated heterocycles. The molecule has 0 bridgehead atoms. The number of rotatable bonds is 6. The SMILES string of the molecule is CCc1nn(C)c(CN(C)CCC(C)O)c1Cl. The first-order valence-corrected chi connectivity index (χ1v) is 6.40. The molecular formula is C12H22ClN3O. The van der Waals surface area contributed by atoms with Crippen LogP contribution in [0.5, 0.6) is 0 Å². The van der Waals surface area contributed by atoms with Crippen LogP contribution in [-0.2, 0) is 20.0 Å². The minimum absolute atomic E-state index is 0.259. The molecular weight excluding hydrogens is 238 g/mol. The quantitative estimate of drug-likeness (QED) is 0.848. The smallest absolute Gasteiger partial charge is 0.0863 e. The summed E-state index contributed by atoms with van der Waals surface area (Å²) in [7, 11) is 3.94. The standard InChI is InChI=1S/C12H22ClN3O/c1-5-10-12(13)11(16(4)14-10)8-15(3)7-6-9(2)17/h9,17H,5-8H2,1-4H3. The van der Waals surface area contributed by atoms with Gasteiger partial charge in [-0.2, -0.15) is 5.10 Å². The number of aromatic nitrogens is 2. The minimum Gasteiger partial charge on any atom is -0.393 e. The van der Waals surface area contributed by atoms with E-state index in [1.165, 1.54) is 0 Å². The highest BCUT2D eigenvalue weighted by atomic mass is 35.5. The van der Waals surface area contributed by atoms with Gasteiger partial charge in [-0.3, -0.25) is 4.68 Å². The highest BCUT2D eigenvalue weighted by molar-refractivity contribution is 6.31. The molecule has 1 atom stereocenters. The molecule has 0 aliphatic carbocycles. The second kappa shape index (κ2) is 6.38. The van der Waals surface area contributed by atoms with E-state index >= 15 is 0 Å². The number of aliphatic hydroxyl groups is 1. The number of hydrogen-bond acceptors (Lipinski definition) is 3. The topological polar surface area (TPSA) is 41.3 Å². The van der Waals surface area contributed by atoms with Crippen LogP contribution in [0, 0.1) is 0 Å². The van der Waals surface area contributed by atoms with Crippen LogP contribution in [-0.4, -0.2) is 39.5 Å². The lowest BCUT2D eigenvalue weighted by atomic mass is 10.2. The third-order valence-electron chi connectivity index (χ3n) is 2.85. The van der Waals surface area contributed by atoms with E-state index in [0.717, 1.165) is 42.3 Å².